The first-order valence-electron chi connectivity index (χ1n) is 7.05. The van der Waals surface area contributed by atoms with Gasteiger partial charge in [0.05, 0.1) is 12.2 Å². The number of hydrogen-bond donors (Lipinski definition) is 1. The molecule has 1 aromatic rings. The van der Waals surface area contributed by atoms with Gasteiger partial charge >= 0.3 is 6.18 Å². The van der Waals surface area contributed by atoms with Crippen molar-refractivity contribution in [3.8, 4) is 5.75 Å². The highest BCUT2D eigenvalue weighted by atomic mass is 19.4. The third-order valence-corrected chi connectivity index (χ3v) is 2.95. The van der Waals surface area contributed by atoms with Gasteiger partial charge in [0, 0.05) is 0 Å². The lowest BCUT2D eigenvalue weighted by Crippen LogP contribution is -2.13. The van der Waals surface area contributed by atoms with Crippen LogP contribution in [-0.2, 0) is 6.18 Å². The molecule has 0 spiro atoms. The summed E-state index contributed by atoms with van der Waals surface area (Å²) in [6, 6.07) is 5.34. The maximum absolute atomic E-state index is 12.7. The summed E-state index contributed by atoms with van der Waals surface area (Å²) in [5, 5.41) is 3.23. The van der Waals surface area contributed by atoms with Crippen LogP contribution < -0.4 is 10.1 Å². The lowest BCUT2D eigenvalue weighted by atomic mass is 10.2. The van der Waals surface area contributed by atoms with Gasteiger partial charge in [-0.3, -0.25) is 0 Å². The van der Waals surface area contributed by atoms with Gasteiger partial charge in [-0.2, -0.15) is 13.2 Å². The summed E-state index contributed by atoms with van der Waals surface area (Å²) >= 11 is 0. The molecule has 114 valence electrons. The largest absolute Gasteiger partial charge is 0.493 e. The molecule has 1 aromatic carbocycles. The number of halogens is 3. The summed E-state index contributed by atoms with van der Waals surface area (Å²) in [4.78, 5) is 0. The molecule has 1 N–H and O–H groups in total. The quantitative estimate of drug-likeness (QED) is 0.686. The molecule has 0 unspecified atom stereocenters. The summed E-state index contributed by atoms with van der Waals surface area (Å²) in [5.74, 6) is -0.0763. The zero-order valence-electron chi connectivity index (χ0n) is 11.8. The van der Waals surface area contributed by atoms with E-state index in [4.69, 9.17) is 4.74 Å². The molecule has 0 fully saturated rings. The molecule has 0 aliphatic heterocycles. The van der Waals surface area contributed by atoms with E-state index in [1.54, 1.807) is 6.07 Å². The number of ether oxygens (including phenoxy) is 1. The molecule has 0 saturated carbocycles. The van der Waals surface area contributed by atoms with Crippen LogP contribution in [-0.4, -0.2) is 19.7 Å². The topological polar surface area (TPSA) is 21.3 Å². The van der Waals surface area contributed by atoms with Crippen LogP contribution >= 0.6 is 0 Å². The fourth-order valence-corrected chi connectivity index (χ4v) is 1.89. The number of unbranched alkanes of at least 4 members (excludes halogenated alkanes) is 3. The Balaban J connectivity index is 2.26. The van der Waals surface area contributed by atoms with Crippen LogP contribution in [0.15, 0.2) is 24.3 Å². The summed E-state index contributed by atoms with van der Waals surface area (Å²) < 4.78 is 43.4. The van der Waals surface area contributed by atoms with E-state index < -0.39 is 11.7 Å². The van der Waals surface area contributed by atoms with Crippen molar-refractivity contribution in [1.82, 2.24) is 5.32 Å². The Labute approximate surface area is 118 Å². The van der Waals surface area contributed by atoms with Crippen LogP contribution in [0.25, 0.3) is 0 Å². The maximum atomic E-state index is 12.7. The molecule has 5 heteroatoms. The molecule has 0 radical (unpaired) electrons. The molecule has 20 heavy (non-hydrogen) atoms. The van der Waals surface area contributed by atoms with E-state index in [2.05, 4.69) is 12.2 Å². The maximum Gasteiger partial charge on any atom is 0.419 e. The lowest BCUT2D eigenvalue weighted by Gasteiger charge is -2.13. The van der Waals surface area contributed by atoms with Crippen molar-refractivity contribution in [3.05, 3.63) is 29.8 Å². The Hall–Kier alpha value is -1.23. The minimum Gasteiger partial charge on any atom is -0.493 e. The van der Waals surface area contributed by atoms with Crippen LogP contribution in [0.2, 0.25) is 0 Å². The summed E-state index contributed by atoms with van der Waals surface area (Å²) in [5.41, 5.74) is -0.702. The van der Waals surface area contributed by atoms with Gasteiger partial charge in [-0.1, -0.05) is 31.9 Å². The number of alkyl halides is 3. The van der Waals surface area contributed by atoms with Crippen LogP contribution in [0.3, 0.4) is 0 Å². The molecule has 0 aromatic heterocycles. The second-order valence-electron chi connectivity index (χ2n) is 4.61. The van der Waals surface area contributed by atoms with E-state index in [0.717, 1.165) is 44.8 Å². The fraction of sp³-hybridized carbons (Fsp3) is 0.600. The van der Waals surface area contributed by atoms with Gasteiger partial charge in [0.1, 0.15) is 5.75 Å². The molecule has 0 amide bonds. The Morgan fingerprint density at radius 1 is 1.05 bits per heavy atom. The SMILES string of the molecule is CCNCCCCCCOc1ccccc1C(F)(F)F. The van der Waals surface area contributed by atoms with Crippen molar-refractivity contribution < 1.29 is 17.9 Å². The van der Waals surface area contributed by atoms with E-state index in [9.17, 15) is 13.2 Å². The predicted molar refractivity (Wildman–Crippen MR) is 74.0 cm³/mol. The van der Waals surface area contributed by atoms with Crippen molar-refractivity contribution in [3.63, 3.8) is 0 Å². The lowest BCUT2D eigenvalue weighted by molar-refractivity contribution is -0.138. The second kappa shape index (κ2) is 8.84. The van der Waals surface area contributed by atoms with Crippen LogP contribution in [0.1, 0.15) is 38.2 Å². The average Bonchev–Trinajstić information content (AvgIpc) is 2.41. The van der Waals surface area contributed by atoms with Gasteiger partial charge in [0.15, 0.2) is 0 Å². The average molecular weight is 289 g/mol. The van der Waals surface area contributed by atoms with E-state index in [1.807, 2.05) is 0 Å². The number of benzene rings is 1. The number of rotatable bonds is 9. The second-order valence-corrected chi connectivity index (χ2v) is 4.61. The third-order valence-electron chi connectivity index (χ3n) is 2.95. The Kier molecular flexibility index (Phi) is 7.44. The first kappa shape index (κ1) is 16.8. The smallest absolute Gasteiger partial charge is 0.419 e. The van der Waals surface area contributed by atoms with Crippen molar-refractivity contribution in [2.45, 2.75) is 38.8 Å². The van der Waals surface area contributed by atoms with Crippen molar-refractivity contribution in [2.24, 2.45) is 0 Å². The number of nitrogens with one attached hydrogen (secondary N) is 1. The van der Waals surface area contributed by atoms with Crippen molar-refractivity contribution >= 4 is 0 Å². The molecule has 0 bridgehead atoms. The standard InChI is InChI=1S/C15H22F3NO/c1-2-19-11-7-3-4-8-12-20-14-10-6-5-9-13(14)15(16,17)18/h5-6,9-10,19H,2-4,7-8,11-12H2,1H3. The van der Waals surface area contributed by atoms with Crippen LogP contribution in [0.4, 0.5) is 13.2 Å². The van der Waals surface area contributed by atoms with Gasteiger partial charge in [-0.15, -0.1) is 0 Å². The molecule has 0 aliphatic rings. The predicted octanol–water partition coefficient (Wildman–Crippen LogP) is 4.25. The molecular formula is C15H22F3NO. The zero-order valence-corrected chi connectivity index (χ0v) is 11.8. The highest BCUT2D eigenvalue weighted by molar-refractivity contribution is 5.35. The van der Waals surface area contributed by atoms with Crippen LogP contribution in [0.5, 0.6) is 5.75 Å². The molecule has 0 aliphatic carbocycles. The Morgan fingerprint density at radius 3 is 2.45 bits per heavy atom. The molecule has 0 heterocycles. The molecule has 0 saturated heterocycles. The zero-order chi connectivity index (χ0) is 14.8. The summed E-state index contributed by atoms with van der Waals surface area (Å²) in [7, 11) is 0. The number of para-hydroxylation sites is 1. The molecule has 2 nitrogen and oxygen atoms in total. The van der Waals surface area contributed by atoms with Gasteiger partial charge in [0.25, 0.3) is 0 Å². The highest BCUT2D eigenvalue weighted by Crippen LogP contribution is 2.35. The minimum atomic E-state index is -4.36. The summed E-state index contributed by atoms with van der Waals surface area (Å²) in [6.45, 7) is 4.35. The van der Waals surface area contributed by atoms with Gasteiger partial charge in [-0.25, -0.2) is 0 Å². The minimum absolute atomic E-state index is 0.0763. The van der Waals surface area contributed by atoms with Crippen LogP contribution in [0, 0.1) is 0 Å². The van der Waals surface area contributed by atoms with Gasteiger partial charge in [0.2, 0.25) is 0 Å². The first-order chi connectivity index (χ1) is 9.55. The molecule has 1 rings (SSSR count). The van der Waals surface area contributed by atoms with E-state index in [0.29, 0.717) is 6.61 Å². The molecular weight excluding hydrogens is 267 g/mol. The summed E-state index contributed by atoms with van der Waals surface area (Å²) in [6.07, 6.45) is -0.454. The molecule has 0 atom stereocenters. The fourth-order valence-electron chi connectivity index (χ4n) is 1.89. The Bertz CT molecular complexity index is 380. The van der Waals surface area contributed by atoms with Gasteiger partial charge in [-0.05, 0) is 38.1 Å². The highest BCUT2D eigenvalue weighted by Gasteiger charge is 2.33. The van der Waals surface area contributed by atoms with Gasteiger partial charge < -0.3 is 10.1 Å². The van der Waals surface area contributed by atoms with Crippen molar-refractivity contribution in [1.29, 1.82) is 0 Å². The van der Waals surface area contributed by atoms with E-state index >= 15 is 0 Å². The van der Waals surface area contributed by atoms with E-state index in [1.165, 1.54) is 12.1 Å². The van der Waals surface area contributed by atoms with Crippen molar-refractivity contribution in [2.75, 3.05) is 19.7 Å². The first-order valence-corrected chi connectivity index (χ1v) is 7.05. The number of hydrogen-bond acceptors (Lipinski definition) is 2. The monoisotopic (exact) mass is 289 g/mol. The Morgan fingerprint density at radius 2 is 1.75 bits per heavy atom. The van der Waals surface area contributed by atoms with E-state index in [-0.39, 0.29) is 5.75 Å². The normalized spacial score (nSPS) is 11.6. The third kappa shape index (κ3) is 6.28.